The van der Waals surface area contributed by atoms with E-state index >= 15 is 0 Å². The van der Waals surface area contributed by atoms with Crippen molar-refractivity contribution in [3.63, 3.8) is 0 Å². The van der Waals surface area contributed by atoms with E-state index in [4.69, 9.17) is 4.74 Å². The normalized spacial score (nSPS) is 16.0. The van der Waals surface area contributed by atoms with E-state index in [-0.39, 0.29) is 25.4 Å². The predicted molar refractivity (Wildman–Crippen MR) is 105 cm³/mol. The number of amides is 2. The zero-order valence-corrected chi connectivity index (χ0v) is 16.6. The minimum absolute atomic E-state index is 0.0439. The van der Waals surface area contributed by atoms with Crippen LogP contribution in [0.15, 0.2) is 23.1 Å². The van der Waals surface area contributed by atoms with Crippen LogP contribution in [0.2, 0.25) is 0 Å². The van der Waals surface area contributed by atoms with Crippen LogP contribution in [0.5, 0.6) is 0 Å². The average molecular weight is 397 g/mol. The van der Waals surface area contributed by atoms with E-state index in [9.17, 15) is 19.8 Å². The minimum atomic E-state index is -1.01. The van der Waals surface area contributed by atoms with Gasteiger partial charge in [-0.3, -0.25) is 4.79 Å². The summed E-state index contributed by atoms with van der Waals surface area (Å²) in [5, 5.41) is 28.5. The fraction of sp³-hybridized carbons (Fsp3) is 0.556. The Morgan fingerprint density at radius 3 is 2.78 bits per heavy atom. The molecule has 0 spiro atoms. The fourth-order valence-electron chi connectivity index (χ4n) is 2.38. The van der Waals surface area contributed by atoms with Crippen LogP contribution in [0.1, 0.15) is 27.2 Å². The molecule has 9 heteroatoms. The van der Waals surface area contributed by atoms with Gasteiger partial charge in [-0.05, 0) is 45.4 Å². The SMILES string of the molecule is CC(C)(C)OC(=O)NCC[C@@H](O)[C@H](O)CNc1ccc2c(c1)NC(=O)CS2. The highest BCUT2D eigenvalue weighted by Crippen LogP contribution is 2.33. The number of ether oxygens (including phenoxy) is 1. The van der Waals surface area contributed by atoms with Gasteiger partial charge in [0.15, 0.2) is 0 Å². The molecule has 0 fully saturated rings. The Bertz CT molecular complexity index is 677. The van der Waals surface area contributed by atoms with Crippen LogP contribution in [0, 0.1) is 0 Å². The number of hydrogen-bond acceptors (Lipinski definition) is 7. The smallest absolute Gasteiger partial charge is 0.407 e. The number of aliphatic hydroxyl groups is 2. The Kier molecular flexibility index (Phi) is 7.34. The van der Waals surface area contributed by atoms with Gasteiger partial charge in [-0.25, -0.2) is 4.79 Å². The van der Waals surface area contributed by atoms with Crippen LogP contribution in [0.25, 0.3) is 0 Å². The van der Waals surface area contributed by atoms with Gasteiger partial charge in [0.2, 0.25) is 5.91 Å². The molecule has 0 aromatic heterocycles. The van der Waals surface area contributed by atoms with Gasteiger partial charge in [0.1, 0.15) is 5.60 Å². The van der Waals surface area contributed by atoms with Gasteiger partial charge in [-0.2, -0.15) is 0 Å². The van der Waals surface area contributed by atoms with Gasteiger partial charge in [0.05, 0.1) is 23.6 Å². The highest BCUT2D eigenvalue weighted by molar-refractivity contribution is 8.00. The number of fused-ring (bicyclic) bond motifs is 1. The first-order valence-corrected chi connectivity index (χ1v) is 9.76. The van der Waals surface area contributed by atoms with Gasteiger partial charge >= 0.3 is 6.09 Å². The molecule has 0 saturated heterocycles. The summed E-state index contributed by atoms with van der Waals surface area (Å²) in [6, 6.07) is 5.55. The summed E-state index contributed by atoms with van der Waals surface area (Å²) in [6.07, 6.45) is -2.37. The Hall–Kier alpha value is -1.97. The lowest BCUT2D eigenvalue weighted by atomic mass is 10.1. The van der Waals surface area contributed by atoms with E-state index in [0.29, 0.717) is 5.75 Å². The van der Waals surface area contributed by atoms with Crippen molar-refractivity contribution < 1.29 is 24.5 Å². The molecule has 0 aliphatic carbocycles. The predicted octanol–water partition coefficient (Wildman–Crippen LogP) is 1.78. The lowest BCUT2D eigenvalue weighted by molar-refractivity contribution is -0.113. The third kappa shape index (κ3) is 7.28. The van der Waals surface area contributed by atoms with Gasteiger partial charge < -0.3 is 30.9 Å². The summed E-state index contributed by atoms with van der Waals surface area (Å²) in [6.45, 7) is 5.62. The number of carbonyl (C=O) groups is 2. The van der Waals surface area contributed by atoms with Gasteiger partial charge in [-0.15, -0.1) is 11.8 Å². The average Bonchev–Trinajstić information content (AvgIpc) is 2.57. The Labute approximate surface area is 163 Å². The zero-order chi connectivity index (χ0) is 20.0. The summed E-state index contributed by atoms with van der Waals surface area (Å²) < 4.78 is 5.10. The molecule has 27 heavy (non-hydrogen) atoms. The first-order valence-electron chi connectivity index (χ1n) is 8.77. The third-order valence-corrected chi connectivity index (χ3v) is 4.75. The molecule has 2 amide bonds. The summed E-state index contributed by atoms with van der Waals surface area (Å²) in [5.74, 6) is 0.361. The fourth-order valence-corrected chi connectivity index (χ4v) is 3.17. The lowest BCUT2D eigenvalue weighted by Gasteiger charge is -2.22. The van der Waals surface area contributed by atoms with Crippen LogP contribution in [0.4, 0.5) is 16.2 Å². The number of nitrogens with one attached hydrogen (secondary N) is 3. The molecule has 8 nitrogen and oxygen atoms in total. The molecule has 1 aromatic rings. The van der Waals surface area contributed by atoms with E-state index in [0.717, 1.165) is 16.3 Å². The molecule has 0 unspecified atom stereocenters. The number of aliphatic hydroxyl groups excluding tert-OH is 2. The number of carbonyl (C=O) groups excluding carboxylic acids is 2. The van der Waals surface area contributed by atoms with E-state index in [2.05, 4.69) is 16.0 Å². The van der Waals surface area contributed by atoms with Gasteiger partial charge in [0, 0.05) is 23.7 Å². The van der Waals surface area contributed by atoms with Crippen molar-refractivity contribution in [3.05, 3.63) is 18.2 Å². The van der Waals surface area contributed by atoms with E-state index < -0.39 is 23.9 Å². The molecule has 5 N–H and O–H groups in total. The molecular weight excluding hydrogens is 370 g/mol. The van der Waals surface area contributed by atoms with Crippen LogP contribution >= 0.6 is 11.8 Å². The van der Waals surface area contributed by atoms with Crippen molar-refractivity contribution in [3.8, 4) is 0 Å². The van der Waals surface area contributed by atoms with Crippen LogP contribution in [-0.4, -0.2) is 58.9 Å². The first-order chi connectivity index (χ1) is 12.6. The number of anilines is 2. The van der Waals surface area contributed by atoms with E-state index in [1.54, 1.807) is 26.8 Å². The maximum atomic E-state index is 11.5. The number of rotatable bonds is 7. The standard InChI is InChI=1S/C18H27N3O5S/c1-18(2,3)26-17(25)19-7-6-13(22)14(23)9-20-11-4-5-15-12(8-11)21-16(24)10-27-15/h4-5,8,13-14,20,22-23H,6-7,9-10H2,1-3H3,(H,19,25)(H,21,24)/t13-,14-/m1/s1. The third-order valence-electron chi connectivity index (χ3n) is 3.68. The van der Waals surface area contributed by atoms with Crippen molar-refractivity contribution in [2.45, 2.75) is 49.9 Å². The summed E-state index contributed by atoms with van der Waals surface area (Å²) in [4.78, 5) is 24.0. The van der Waals surface area contributed by atoms with E-state index in [1.165, 1.54) is 11.8 Å². The quantitative estimate of drug-likeness (QED) is 0.476. The molecule has 0 bridgehead atoms. The minimum Gasteiger partial charge on any atom is -0.444 e. The Morgan fingerprint density at radius 2 is 2.07 bits per heavy atom. The molecular formula is C18H27N3O5S. The molecule has 1 aromatic carbocycles. The van der Waals surface area contributed by atoms with Crippen molar-refractivity contribution in [1.29, 1.82) is 0 Å². The monoisotopic (exact) mass is 397 g/mol. The largest absolute Gasteiger partial charge is 0.444 e. The molecule has 150 valence electrons. The van der Waals surface area contributed by atoms with Crippen molar-refractivity contribution >= 4 is 35.1 Å². The van der Waals surface area contributed by atoms with Crippen LogP contribution in [-0.2, 0) is 9.53 Å². The number of hydrogen-bond donors (Lipinski definition) is 5. The number of alkyl carbamates (subject to hydrolysis) is 1. The molecule has 0 saturated carbocycles. The van der Waals surface area contributed by atoms with Gasteiger partial charge in [-0.1, -0.05) is 0 Å². The van der Waals surface area contributed by atoms with Crippen LogP contribution < -0.4 is 16.0 Å². The second kappa shape index (κ2) is 9.29. The number of benzene rings is 1. The van der Waals surface area contributed by atoms with Crippen molar-refractivity contribution in [2.24, 2.45) is 0 Å². The van der Waals surface area contributed by atoms with E-state index in [1.807, 2.05) is 12.1 Å². The summed E-state index contributed by atoms with van der Waals surface area (Å²) >= 11 is 1.48. The summed E-state index contributed by atoms with van der Waals surface area (Å²) in [7, 11) is 0. The highest BCUT2D eigenvalue weighted by Gasteiger charge is 2.19. The summed E-state index contributed by atoms with van der Waals surface area (Å²) in [5.41, 5.74) is 0.881. The molecule has 2 rings (SSSR count). The number of thioether (sulfide) groups is 1. The molecule has 1 aliphatic rings. The second-order valence-corrected chi connectivity index (χ2v) is 8.30. The Morgan fingerprint density at radius 1 is 1.33 bits per heavy atom. The topological polar surface area (TPSA) is 120 Å². The van der Waals surface area contributed by atoms with Crippen LogP contribution in [0.3, 0.4) is 0 Å². The van der Waals surface area contributed by atoms with Crippen molar-refractivity contribution in [1.82, 2.24) is 5.32 Å². The molecule has 1 aliphatic heterocycles. The molecule has 2 atom stereocenters. The molecule has 1 heterocycles. The highest BCUT2D eigenvalue weighted by atomic mass is 32.2. The molecule has 0 radical (unpaired) electrons. The first kappa shape index (κ1) is 21.3. The second-order valence-electron chi connectivity index (χ2n) is 7.28. The maximum absolute atomic E-state index is 11.5. The van der Waals surface area contributed by atoms with Gasteiger partial charge in [0.25, 0.3) is 0 Å². The maximum Gasteiger partial charge on any atom is 0.407 e. The zero-order valence-electron chi connectivity index (χ0n) is 15.7. The lowest BCUT2D eigenvalue weighted by Crippen LogP contribution is -2.38. The van der Waals surface area contributed by atoms with Crippen molar-refractivity contribution in [2.75, 3.05) is 29.5 Å². The Balaban J connectivity index is 1.73.